The minimum atomic E-state index is 0.286. The van der Waals surface area contributed by atoms with Gasteiger partial charge in [-0.25, -0.2) is 0 Å². The first-order valence-electron chi connectivity index (χ1n) is 8.25. The van der Waals surface area contributed by atoms with Gasteiger partial charge in [-0.2, -0.15) is 5.10 Å². The lowest BCUT2D eigenvalue weighted by atomic mass is 9.99. The third kappa shape index (κ3) is 3.96. The summed E-state index contributed by atoms with van der Waals surface area (Å²) in [4.78, 5) is 2.50. The quantitative estimate of drug-likeness (QED) is 0.891. The van der Waals surface area contributed by atoms with E-state index in [4.69, 9.17) is 0 Å². The van der Waals surface area contributed by atoms with E-state index in [1.54, 1.807) is 0 Å². The van der Waals surface area contributed by atoms with Crippen LogP contribution in [-0.4, -0.2) is 39.0 Å². The van der Waals surface area contributed by atoms with Crippen LogP contribution < -0.4 is 0 Å². The normalized spacial score (nSPS) is 19.4. The Labute approximate surface area is 132 Å². The summed E-state index contributed by atoms with van der Waals surface area (Å²) in [7, 11) is 0. The fourth-order valence-electron chi connectivity index (χ4n) is 3.32. The number of aliphatic hydroxyl groups excluding tert-OH is 1. The molecule has 1 atom stereocenters. The molecule has 0 amide bonds. The molecule has 3 rings (SSSR count). The summed E-state index contributed by atoms with van der Waals surface area (Å²) in [5.41, 5.74) is 2.54. The summed E-state index contributed by atoms with van der Waals surface area (Å²) in [5.74, 6) is 0. The van der Waals surface area contributed by atoms with Crippen LogP contribution in [-0.2, 0) is 13.1 Å². The van der Waals surface area contributed by atoms with E-state index < -0.39 is 0 Å². The predicted molar refractivity (Wildman–Crippen MR) is 87.5 cm³/mol. The lowest BCUT2D eigenvalue weighted by Gasteiger charge is -2.35. The number of rotatable bonds is 6. The first-order chi connectivity index (χ1) is 10.8. The molecule has 0 spiro atoms. The van der Waals surface area contributed by atoms with Crippen molar-refractivity contribution in [1.82, 2.24) is 14.7 Å². The van der Waals surface area contributed by atoms with Gasteiger partial charge in [0.15, 0.2) is 0 Å². The van der Waals surface area contributed by atoms with Crippen molar-refractivity contribution >= 4 is 0 Å². The van der Waals surface area contributed by atoms with Crippen LogP contribution >= 0.6 is 0 Å². The Morgan fingerprint density at radius 2 is 1.95 bits per heavy atom. The van der Waals surface area contributed by atoms with Crippen molar-refractivity contribution in [3.63, 3.8) is 0 Å². The summed E-state index contributed by atoms with van der Waals surface area (Å²) in [5, 5.41) is 13.7. The van der Waals surface area contributed by atoms with Gasteiger partial charge in [0.25, 0.3) is 0 Å². The molecule has 118 valence electrons. The Bertz CT molecular complexity index is 565. The van der Waals surface area contributed by atoms with Crippen LogP contribution in [0.1, 0.15) is 36.8 Å². The van der Waals surface area contributed by atoms with Crippen LogP contribution in [0.2, 0.25) is 0 Å². The van der Waals surface area contributed by atoms with Gasteiger partial charge in [0, 0.05) is 31.0 Å². The monoisotopic (exact) mass is 299 g/mol. The molecule has 1 saturated heterocycles. The molecule has 0 saturated carbocycles. The molecule has 4 nitrogen and oxygen atoms in total. The van der Waals surface area contributed by atoms with Crippen LogP contribution in [0.15, 0.2) is 42.7 Å². The van der Waals surface area contributed by atoms with Crippen LogP contribution in [0, 0.1) is 0 Å². The molecule has 1 aliphatic heterocycles. The lowest BCUT2D eigenvalue weighted by Crippen LogP contribution is -2.39. The SMILES string of the molecule is OCCC1CCCCN1Cc1cnn(Cc2ccccc2)c1. The molecule has 1 N–H and O–H groups in total. The number of piperidine rings is 1. The van der Waals surface area contributed by atoms with Gasteiger partial charge in [0.2, 0.25) is 0 Å². The summed E-state index contributed by atoms with van der Waals surface area (Å²) in [6, 6.07) is 10.9. The van der Waals surface area contributed by atoms with Crippen molar-refractivity contribution in [2.24, 2.45) is 0 Å². The highest BCUT2D eigenvalue weighted by molar-refractivity contribution is 5.15. The van der Waals surface area contributed by atoms with Gasteiger partial charge < -0.3 is 5.11 Å². The standard InChI is InChI=1S/C18H25N3O/c22-11-9-18-8-4-5-10-20(18)13-17-12-19-21(15-17)14-16-6-2-1-3-7-16/h1-3,6-7,12,15,18,22H,4-5,8-11,13-14H2. The predicted octanol–water partition coefficient (Wildman–Crippen LogP) is 2.67. The van der Waals surface area contributed by atoms with Gasteiger partial charge in [0.1, 0.15) is 0 Å². The van der Waals surface area contributed by atoms with Crippen molar-refractivity contribution in [2.75, 3.05) is 13.2 Å². The maximum Gasteiger partial charge on any atom is 0.0659 e. The highest BCUT2D eigenvalue weighted by atomic mass is 16.3. The number of hydrogen-bond donors (Lipinski definition) is 1. The van der Waals surface area contributed by atoms with Gasteiger partial charge in [-0.15, -0.1) is 0 Å². The van der Waals surface area contributed by atoms with Crippen molar-refractivity contribution < 1.29 is 5.11 Å². The van der Waals surface area contributed by atoms with E-state index in [9.17, 15) is 5.11 Å². The Morgan fingerprint density at radius 1 is 1.09 bits per heavy atom. The second-order valence-corrected chi connectivity index (χ2v) is 6.16. The molecule has 1 aliphatic rings. The molecule has 0 radical (unpaired) electrons. The largest absolute Gasteiger partial charge is 0.396 e. The highest BCUT2D eigenvalue weighted by Gasteiger charge is 2.22. The van der Waals surface area contributed by atoms with Crippen molar-refractivity contribution in [3.05, 3.63) is 53.9 Å². The summed E-state index contributed by atoms with van der Waals surface area (Å²) >= 11 is 0. The molecule has 22 heavy (non-hydrogen) atoms. The van der Waals surface area contributed by atoms with E-state index >= 15 is 0 Å². The molecule has 1 unspecified atom stereocenters. The van der Waals surface area contributed by atoms with E-state index in [2.05, 4.69) is 40.5 Å². The number of nitrogens with zero attached hydrogens (tertiary/aromatic N) is 3. The first kappa shape index (κ1) is 15.3. The molecule has 0 bridgehead atoms. The molecule has 0 aliphatic carbocycles. The number of aromatic nitrogens is 2. The van der Waals surface area contributed by atoms with Gasteiger partial charge in [0.05, 0.1) is 12.7 Å². The van der Waals surface area contributed by atoms with Crippen molar-refractivity contribution in [2.45, 2.75) is 44.8 Å². The minimum Gasteiger partial charge on any atom is -0.396 e. The average molecular weight is 299 g/mol. The molecule has 1 aromatic carbocycles. The Balaban J connectivity index is 1.61. The number of likely N-dealkylation sites (tertiary alicyclic amines) is 1. The summed E-state index contributed by atoms with van der Waals surface area (Å²) in [6.07, 6.45) is 8.77. The molecular weight excluding hydrogens is 274 g/mol. The van der Waals surface area contributed by atoms with Crippen LogP contribution in [0.5, 0.6) is 0 Å². The number of benzene rings is 1. The van der Waals surface area contributed by atoms with Gasteiger partial charge in [-0.05, 0) is 31.4 Å². The zero-order valence-electron chi connectivity index (χ0n) is 13.1. The maximum absolute atomic E-state index is 9.23. The molecule has 2 heterocycles. The smallest absolute Gasteiger partial charge is 0.0659 e. The third-order valence-corrected chi connectivity index (χ3v) is 4.47. The molecule has 4 heteroatoms. The van der Waals surface area contributed by atoms with E-state index in [1.165, 1.54) is 30.4 Å². The lowest BCUT2D eigenvalue weighted by molar-refractivity contribution is 0.112. The van der Waals surface area contributed by atoms with E-state index in [0.717, 1.165) is 26.1 Å². The molecule has 1 fully saturated rings. The minimum absolute atomic E-state index is 0.286. The van der Waals surface area contributed by atoms with Crippen molar-refractivity contribution in [1.29, 1.82) is 0 Å². The zero-order chi connectivity index (χ0) is 15.2. The van der Waals surface area contributed by atoms with Crippen LogP contribution in [0.4, 0.5) is 0 Å². The number of hydrogen-bond acceptors (Lipinski definition) is 3. The Kier molecular flexibility index (Phi) is 5.24. The van der Waals surface area contributed by atoms with Gasteiger partial charge in [-0.1, -0.05) is 36.8 Å². The topological polar surface area (TPSA) is 41.3 Å². The van der Waals surface area contributed by atoms with Crippen LogP contribution in [0.3, 0.4) is 0 Å². The fourth-order valence-corrected chi connectivity index (χ4v) is 3.32. The first-order valence-corrected chi connectivity index (χ1v) is 8.25. The molecule has 2 aromatic rings. The zero-order valence-corrected chi connectivity index (χ0v) is 13.1. The molecule has 1 aromatic heterocycles. The van der Waals surface area contributed by atoms with Crippen LogP contribution in [0.25, 0.3) is 0 Å². The van der Waals surface area contributed by atoms with E-state index in [1.807, 2.05) is 16.9 Å². The maximum atomic E-state index is 9.23. The number of aliphatic hydroxyl groups is 1. The highest BCUT2D eigenvalue weighted by Crippen LogP contribution is 2.21. The van der Waals surface area contributed by atoms with Gasteiger partial charge in [-0.3, -0.25) is 9.58 Å². The third-order valence-electron chi connectivity index (χ3n) is 4.47. The molecular formula is C18H25N3O. The van der Waals surface area contributed by atoms with E-state index in [-0.39, 0.29) is 6.61 Å². The summed E-state index contributed by atoms with van der Waals surface area (Å²) < 4.78 is 2.01. The average Bonchev–Trinajstić information content (AvgIpc) is 2.98. The Hall–Kier alpha value is -1.65. The van der Waals surface area contributed by atoms with Crippen molar-refractivity contribution in [3.8, 4) is 0 Å². The second kappa shape index (κ2) is 7.56. The fraction of sp³-hybridized carbons (Fsp3) is 0.500. The second-order valence-electron chi connectivity index (χ2n) is 6.16. The van der Waals surface area contributed by atoms with E-state index in [0.29, 0.717) is 6.04 Å². The Morgan fingerprint density at radius 3 is 2.77 bits per heavy atom. The van der Waals surface area contributed by atoms with Gasteiger partial charge >= 0.3 is 0 Å². The summed E-state index contributed by atoms with van der Waals surface area (Å²) in [6.45, 7) is 3.18.